The van der Waals surface area contributed by atoms with Gasteiger partial charge in [0.2, 0.25) is 0 Å². The fraction of sp³-hybridized carbons (Fsp3) is 0.364. The van der Waals surface area contributed by atoms with Crippen molar-refractivity contribution in [3.05, 3.63) is 29.8 Å². The molecule has 0 aromatic heterocycles. The molecule has 0 radical (unpaired) electrons. The van der Waals surface area contributed by atoms with Gasteiger partial charge in [-0.05, 0) is 24.6 Å². The summed E-state index contributed by atoms with van der Waals surface area (Å²) in [7, 11) is 0. The van der Waals surface area contributed by atoms with E-state index in [4.69, 9.17) is 16.3 Å². The zero-order chi connectivity index (χ0) is 10.8. The van der Waals surface area contributed by atoms with Gasteiger partial charge in [-0.25, -0.2) is 4.79 Å². The minimum absolute atomic E-state index is 0.195. The molecule has 1 amide bonds. The van der Waals surface area contributed by atoms with Gasteiger partial charge in [0.15, 0.2) is 0 Å². The maximum absolute atomic E-state index is 11.5. The fourth-order valence-electron chi connectivity index (χ4n) is 1.61. The Bertz CT molecular complexity index is 381. The molecule has 4 heteroatoms. The van der Waals surface area contributed by atoms with E-state index in [1.54, 1.807) is 4.90 Å². The molecule has 0 N–H and O–H groups in total. The van der Waals surface area contributed by atoms with Crippen LogP contribution in [0.1, 0.15) is 5.56 Å². The monoisotopic (exact) mass is 225 g/mol. The predicted octanol–water partition coefficient (Wildman–Crippen LogP) is 2.56. The van der Waals surface area contributed by atoms with Gasteiger partial charge < -0.3 is 4.74 Å². The Balaban J connectivity index is 2.21. The third kappa shape index (κ3) is 2.07. The van der Waals surface area contributed by atoms with Crippen LogP contribution in [0.15, 0.2) is 24.3 Å². The maximum atomic E-state index is 11.5. The average molecular weight is 226 g/mol. The quantitative estimate of drug-likeness (QED) is 0.724. The summed E-state index contributed by atoms with van der Waals surface area (Å²) in [5, 5.41) is 0. The van der Waals surface area contributed by atoms with Gasteiger partial charge >= 0.3 is 6.09 Å². The van der Waals surface area contributed by atoms with E-state index in [0.29, 0.717) is 12.4 Å². The van der Waals surface area contributed by atoms with E-state index >= 15 is 0 Å². The highest BCUT2D eigenvalue weighted by molar-refractivity contribution is 6.18. The lowest BCUT2D eigenvalue weighted by Gasteiger charge is -2.12. The smallest absolute Gasteiger partial charge is 0.414 e. The van der Waals surface area contributed by atoms with Crippen LogP contribution in [-0.2, 0) is 4.74 Å². The van der Waals surface area contributed by atoms with Crippen LogP contribution in [0.3, 0.4) is 0 Å². The number of cyclic esters (lactones) is 1. The second-order valence-corrected chi connectivity index (χ2v) is 3.92. The van der Waals surface area contributed by atoms with Gasteiger partial charge in [0.1, 0.15) is 6.10 Å². The number of hydrogen-bond donors (Lipinski definition) is 0. The van der Waals surface area contributed by atoms with Gasteiger partial charge in [-0.1, -0.05) is 12.1 Å². The minimum atomic E-state index is -0.314. The van der Waals surface area contributed by atoms with E-state index in [1.165, 1.54) is 0 Å². The molecule has 0 aliphatic carbocycles. The first-order valence-electron chi connectivity index (χ1n) is 4.81. The third-order valence-electron chi connectivity index (χ3n) is 2.36. The van der Waals surface area contributed by atoms with Gasteiger partial charge in [0.05, 0.1) is 12.4 Å². The molecule has 1 heterocycles. The summed E-state index contributed by atoms with van der Waals surface area (Å²) >= 11 is 5.65. The fourth-order valence-corrected chi connectivity index (χ4v) is 1.77. The van der Waals surface area contributed by atoms with Crippen LogP contribution in [0.25, 0.3) is 0 Å². The zero-order valence-electron chi connectivity index (χ0n) is 8.44. The summed E-state index contributed by atoms with van der Waals surface area (Å²) in [6, 6.07) is 7.76. The van der Waals surface area contributed by atoms with Crippen LogP contribution >= 0.6 is 11.6 Å². The SMILES string of the molecule is Cc1cccc(N2CC(CCl)OC2=O)c1. The number of alkyl halides is 1. The summed E-state index contributed by atoms with van der Waals surface area (Å²) < 4.78 is 5.07. The summed E-state index contributed by atoms with van der Waals surface area (Å²) in [5.74, 6) is 0.341. The molecule has 1 aliphatic heterocycles. The van der Waals surface area contributed by atoms with Gasteiger partial charge in [-0.3, -0.25) is 4.90 Å². The van der Waals surface area contributed by atoms with Crippen LogP contribution < -0.4 is 4.90 Å². The molecule has 0 saturated carbocycles. The number of aryl methyl sites for hydroxylation is 1. The molecule has 3 nitrogen and oxygen atoms in total. The molecule has 0 spiro atoms. The van der Waals surface area contributed by atoms with Crippen molar-refractivity contribution in [1.82, 2.24) is 0 Å². The van der Waals surface area contributed by atoms with Crippen LogP contribution in [-0.4, -0.2) is 24.6 Å². The molecule has 80 valence electrons. The van der Waals surface area contributed by atoms with E-state index < -0.39 is 0 Å². The van der Waals surface area contributed by atoms with Crippen molar-refractivity contribution in [3.8, 4) is 0 Å². The highest BCUT2D eigenvalue weighted by Crippen LogP contribution is 2.22. The van der Waals surface area contributed by atoms with E-state index in [-0.39, 0.29) is 12.2 Å². The molecule has 1 atom stereocenters. The number of anilines is 1. The molecule has 1 aromatic carbocycles. The maximum Gasteiger partial charge on any atom is 0.414 e. The molecule has 1 fully saturated rings. The van der Waals surface area contributed by atoms with Gasteiger partial charge in [0.25, 0.3) is 0 Å². The number of carbonyl (C=O) groups excluding carboxylic acids is 1. The van der Waals surface area contributed by atoms with Crippen LogP contribution in [0.4, 0.5) is 10.5 Å². The lowest BCUT2D eigenvalue weighted by Crippen LogP contribution is -2.24. The van der Waals surface area contributed by atoms with Crippen molar-refractivity contribution in [1.29, 1.82) is 0 Å². The van der Waals surface area contributed by atoms with E-state index in [2.05, 4.69) is 0 Å². The standard InChI is InChI=1S/C11H12ClNO2/c1-8-3-2-4-9(5-8)13-7-10(6-12)15-11(13)14/h2-5,10H,6-7H2,1H3. The molecule has 1 saturated heterocycles. The number of ether oxygens (including phenoxy) is 1. The number of nitrogens with zero attached hydrogens (tertiary/aromatic N) is 1. The first kappa shape index (κ1) is 10.3. The van der Waals surface area contributed by atoms with Crippen molar-refractivity contribution in [3.63, 3.8) is 0 Å². The van der Waals surface area contributed by atoms with E-state index in [1.807, 2.05) is 31.2 Å². The van der Waals surface area contributed by atoms with Gasteiger partial charge in [-0.2, -0.15) is 0 Å². The number of carbonyl (C=O) groups is 1. The lowest BCUT2D eigenvalue weighted by atomic mass is 10.2. The average Bonchev–Trinajstić information content (AvgIpc) is 2.60. The minimum Gasteiger partial charge on any atom is -0.443 e. The summed E-state index contributed by atoms with van der Waals surface area (Å²) in [5.41, 5.74) is 1.99. The Kier molecular flexibility index (Phi) is 2.82. The Hall–Kier alpha value is -1.22. The number of halogens is 1. The van der Waals surface area contributed by atoms with Crippen molar-refractivity contribution in [2.75, 3.05) is 17.3 Å². The van der Waals surface area contributed by atoms with E-state index in [9.17, 15) is 4.79 Å². The Morgan fingerprint density at radius 3 is 3.00 bits per heavy atom. The highest BCUT2D eigenvalue weighted by Gasteiger charge is 2.31. The molecule has 1 unspecified atom stereocenters. The Morgan fingerprint density at radius 2 is 2.40 bits per heavy atom. The largest absolute Gasteiger partial charge is 0.443 e. The molecule has 0 bridgehead atoms. The number of benzene rings is 1. The van der Waals surface area contributed by atoms with E-state index in [0.717, 1.165) is 11.3 Å². The highest BCUT2D eigenvalue weighted by atomic mass is 35.5. The number of rotatable bonds is 2. The van der Waals surface area contributed by atoms with Gasteiger partial charge in [0, 0.05) is 5.69 Å². The normalized spacial score (nSPS) is 20.5. The summed E-state index contributed by atoms with van der Waals surface area (Å²) in [4.78, 5) is 13.1. The molecule has 1 aromatic rings. The van der Waals surface area contributed by atoms with Crippen molar-refractivity contribution < 1.29 is 9.53 Å². The molecular formula is C11H12ClNO2. The summed E-state index contributed by atoms with van der Waals surface area (Å²) in [6.07, 6.45) is -0.508. The zero-order valence-corrected chi connectivity index (χ0v) is 9.20. The lowest BCUT2D eigenvalue weighted by molar-refractivity contribution is 0.151. The topological polar surface area (TPSA) is 29.5 Å². The number of hydrogen-bond acceptors (Lipinski definition) is 2. The van der Waals surface area contributed by atoms with Crippen LogP contribution in [0.2, 0.25) is 0 Å². The molecule has 15 heavy (non-hydrogen) atoms. The second-order valence-electron chi connectivity index (χ2n) is 3.61. The third-order valence-corrected chi connectivity index (χ3v) is 2.70. The first-order valence-corrected chi connectivity index (χ1v) is 5.35. The second kappa shape index (κ2) is 4.11. The van der Waals surface area contributed by atoms with Crippen molar-refractivity contribution in [2.24, 2.45) is 0 Å². The van der Waals surface area contributed by atoms with Crippen LogP contribution in [0.5, 0.6) is 0 Å². The summed E-state index contributed by atoms with van der Waals surface area (Å²) in [6.45, 7) is 2.52. The first-order chi connectivity index (χ1) is 7.20. The van der Waals surface area contributed by atoms with Gasteiger partial charge in [-0.15, -0.1) is 11.6 Å². The molecule has 1 aliphatic rings. The number of amides is 1. The van der Waals surface area contributed by atoms with Crippen molar-refractivity contribution >= 4 is 23.4 Å². The predicted molar refractivity (Wildman–Crippen MR) is 59.5 cm³/mol. The Morgan fingerprint density at radius 1 is 1.60 bits per heavy atom. The molecular weight excluding hydrogens is 214 g/mol. The molecule has 2 rings (SSSR count). The Labute approximate surface area is 93.6 Å². The van der Waals surface area contributed by atoms with Crippen LogP contribution in [0, 0.1) is 6.92 Å². The van der Waals surface area contributed by atoms with Crippen molar-refractivity contribution in [2.45, 2.75) is 13.0 Å².